The molecule has 0 aromatic heterocycles. The minimum Gasteiger partial charge on any atom is -0.303 e. The first-order valence-electron chi connectivity index (χ1n) is 8.37. The predicted octanol–water partition coefficient (Wildman–Crippen LogP) is 4.47. The number of amidine groups is 1. The molecule has 8 heteroatoms. The van der Waals surface area contributed by atoms with Crippen molar-refractivity contribution in [1.29, 1.82) is 0 Å². The number of nitrogens with one attached hydrogen (secondary N) is 1. The van der Waals surface area contributed by atoms with Crippen molar-refractivity contribution in [2.75, 3.05) is 0 Å². The summed E-state index contributed by atoms with van der Waals surface area (Å²) in [5, 5.41) is 11.2. The van der Waals surface area contributed by atoms with E-state index < -0.39 is 5.76 Å². The molecule has 2 atom stereocenters. The van der Waals surface area contributed by atoms with Gasteiger partial charge in [-0.05, 0) is 49.3 Å². The van der Waals surface area contributed by atoms with Crippen LogP contribution in [0.1, 0.15) is 24.8 Å². The lowest BCUT2D eigenvalue weighted by Gasteiger charge is -2.10. The van der Waals surface area contributed by atoms with E-state index in [1.54, 1.807) is 24.3 Å². The van der Waals surface area contributed by atoms with E-state index in [1.807, 2.05) is 6.21 Å². The van der Waals surface area contributed by atoms with Crippen LogP contribution in [0.15, 0.2) is 51.5 Å². The normalized spacial score (nSPS) is 24.7. The fourth-order valence-corrected chi connectivity index (χ4v) is 4.20. The van der Waals surface area contributed by atoms with Gasteiger partial charge in [0.25, 0.3) is 5.76 Å². The minimum absolute atomic E-state index is 0.101. The van der Waals surface area contributed by atoms with Crippen LogP contribution in [-0.4, -0.2) is 28.3 Å². The lowest BCUT2D eigenvalue weighted by atomic mass is 9.96. The SMILES string of the molecule is O=C1N/C(=N\N=C/[C@H]2CC=CCC2)S[C@@H]1Cc1ccc(SC(F)F)cc1. The average Bonchev–Trinajstić information content (AvgIpc) is 2.97. The average molecular weight is 396 g/mol. The monoisotopic (exact) mass is 395 g/mol. The Morgan fingerprint density at radius 1 is 1.31 bits per heavy atom. The van der Waals surface area contributed by atoms with Crippen molar-refractivity contribution in [3.63, 3.8) is 0 Å². The lowest BCUT2D eigenvalue weighted by Crippen LogP contribution is -2.25. The Kier molecular flexibility index (Phi) is 6.85. The Bertz CT molecular complexity index is 720. The molecule has 4 nitrogen and oxygen atoms in total. The number of halogens is 2. The number of rotatable bonds is 6. The highest BCUT2D eigenvalue weighted by atomic mass is 32.2. The summed E-state index contributed by atoms with van der Waals surface area (Å²) in [6, 6.07) is 6.87. The molecule has 1 aliphatic heterocycles. The number of hydrogen-bond acceptors (Lipinski definition) is 5. The molecule has 0 unspecified atom stereocenters. The molecule has 1 aromatic rings. The smallest absolute Gasteiger partial charge is 0.288 e. The molecule has 1 heterocycles. The highest BCUT2D eigenvalue weighted by Crippen LogP contribution is 2.27. The van der Waals surface area contributed by atoms with Gasteiger partial charge in [0.05, 0.1) is 5.25 Å². The third-order valence-electron chi connectivity index (χ3n) is 4.08. The van der Waals surface area contributed by atoms with Crippen LogP contribution in [0.3, 0.4) is 0 Å². The van der Waals surface area contributed by atoms with E-state index in [-0.39, 0.29) is 11.2 Å². The van der Waals surface area contributed by atoms with Gasteiger partial charge in [-0.3, -0.25) is 4.79 Å². The molecule has 1 aromatic carbocycles. The highest BCUT2D eigenvalue weighted by molar-refractivity contribution is 8.15. The third kappa shape index (κ3) is 5.67. The summed E-state index contributed by atoms with van der Waals surface area (Å²) in [4.78, 5) is 12.6. The van der Waals surface area contributed by atoms with Crippen molar-refractivity contribution in [3.05, 3.63) is 42.0 Å². The number of nitrogens with zero attached hydrogens (tertiary/aromatic N) is 2. The predicted molar refractivity (Wildman–Crippen MR) is 104 cm³/mol. The number of thioether (sulfide) groups is 2. The van der Waals surface area contributed by atoms with E-state index >= 15 is 0 Å². The second-order valence-electron chi connectivity index (χ2n) is 6.04. The zero-order valence-corrected chi connectivity index (χ0v) is 15.6. The topological polar surface area (TPSA) is 53.8 Å². The zero-order chi connectivity index (χ0) is 18.4. The Hall–Kier alpha value is -1.67. The molecular weight excluding hydrogens is 376 g/mol. The maximum absolute atomic E-state index is 12.3. The van der Waals surface area contributed by atoms with E-state index in [1.165, 1.54) is 11.8 Å². The Morgan fingerprint density at radius 3 is 2.81 bits per heavy atom. The molecule has 0 bridgehead atoms. The van der Waals surface area contributed by atoms with Gasteiger partial charge in [-0.15, -0.1) is 5.10 Å². The van der Waals surface area contributed by atoms with E-state index in [0.29, 0.717) is 34.2 Å². The number of carbonyl (C=O) groups excluding carboxylic acids is 1. The van der Waals surface area contributed by atoms with Crippen molar-refractivity contribution in [3.8, 4) is 0 Å². The summed E-state index contributed by atoms with van der Waals surface area (Å²) < 4.78 is 24.7. The van der Waals surface area contributed by atoms with Crippen molar-refractivity contribution < 1.29 is 13.6 Å². The van der Waals surface area contributed by atoms with Crippen LogP contribution in [0.25, 0.3) is 0 Å². The molecule has 1 aliphatic carbocycles. The minimum atomic E-state index is -2.43. The van der Waals surface area contributed by atoms with Crippen LogP contribution < -0.4 is 5.32 Å². The Labute approximate surface area is 159 Å². The molecule has 138 valence electrons. The molecule has 1 saturated heterocycles. The summed E-state index contributed by atoms with van der Waals surface area (Å²) in [6.07, 6.45) is 9.81. The van der Waals surface area contributed by atoms with Crippen LogP contribution in [0.4, 0.5) is 8.78 Å². The number of benzene rings is 1. The maximum atomic E-state index is 12.3. The third-order valence-corrected chi connectivity index (χ3v) is 5.88. The molecule has 1 amide bonds. The van der Waals surface area contributed by atoms with Gasteiger partial charge in [-0.25, -0.2) is 0 Å². The molecule has 1 N–H and O–H groups in total. The van der Waals surface area contributed by atoms with Crippen LogP contribution in [0, 0.1) is 5.92 Å². The van der Waals surface area contributed by atoms with Crippen LogP contribution in [0.2, 0.25) is 0 Å². The van der Waals surface area contributed by atoms with Gasteiger partial charge in [0, 0.05) is 11.1 Å². The molecule has 0 radical (unpaired) electrons. The summed E-state index contributed by atoms with van der Waals surface area (Å²) in [6.45, 7) is 0. The standard InChI is InChI=1S/C18H19F2N3OS2/c19-17(20)25-14-8-6-12(7-9-14)10-15-16(24)22-18(26-15)23-21-11-13-4-2-1-3-5-13/h1-2,6-9,11,13,15,17H,3-5,10H2,(H,22,23,24)/b21-11-/t13-,15+/m0/s1. The summed E-state index contributed by atoms with van der Waals surface area (Å²) in [7, 11) is 0. The Balaban J connectivity index is 1.53. The second-order valence-corrected chi connectivity index (χ2v) is 8.29. The van der Waals surface area contributed by atoms with Crippen LogP contribution in [-0.2, 0) is 11.2 Å². The Morgan fingerprint density at radius 2 is 2.12 bits per heavy atom. The van der Waals surface area contributed by atoms with Gasteiger partial charge in [-0.2, -0.15) is 13.9 Å². The molecule has 3 rings (SSSR count). The van der Waals surface area contributed by atoms with Gasteiger partial charge in [-0.1, -0.05) is 47.8 Å². The zero-order valence-electron chi connectivity index (χ0n) is 14.0. The van der Waals surface area contributed by atoms with Gasteiger partial charge in [0.2, 0.25) is 5.91 Å². The summed E-state index contributed by atoms with van der Waals surface area (Å²) in [5.74, 6) is -2.12. The van der Waals surface area contributed by atoms with Gasteiger partial charge >= 0.3 is 0 Å². The molecule has 0 saturated carbocycles. The van der Waals surface area contributed by atoms with Gasteiger partial charge < -0.3 is 5.32 Å². The number of allylic oxidation sites excluding steroid dienone is 2. The first-order chi connectivity index (χ1) is 12.6. The van der Waals surface area contributed by atoms with Gasteiger partial charge in [0.1, 0.15) is 0 Å². The second kappa shape index (κ2) is 9.32. The van der Waals surface area contributed by atoms with E-state index in [9.17, 15) is 13.6 Å². The quantitative estimate of drug-likeness (QED) is 0.335. The number of amides is 1. The number of hydrogen-bond donors (Lipinski definition) is 1. The first kappa shape index (κ1) is 19.1. The van der Waals surface area contributed by atoms with Gasteiger partial charge in [0.15, 0.2) is 5.17 Å². The molecule has 1 fully saturated rings. The fraction of sp³-hybridized carbons (Fsp3) is 0.389. The maximum Gasteiger partial charge on any atom is 0.288 e. The first-order valence-corrected chi connectivity index (χ1v) is 10.1. The van der Waals surface area contributed by atoms with Crippen LogP contribution >= 0.6 is 23.5 Å². The van der Waals surface area contributed by atoms with E-state index in [2.05, 4.69) is 27.7 Å². The molecule has 2 aliphatic rings. The molecule has 0 spiro atoms. The van der Waals surface area contributed by atoms with Crippen LogP contribution in [0.5, 0.6) is 0 Å². The van der Waals surface area contributed by atoms with E-state index in [0.717, 1.165) is 24.8 Å². The largest absolute Gasteiger partial charge is 0.303 e. The molecule has 26 heavy (non-hydrogen) atoms. The highest BCUT2D eigenvalue weighted by Gasteiger charge is 2.30. The van der Waals surface area contributed by atoms with E-state index in [4.69, 9.17) is 0 Å². The van der Waals surface area contributed by atoms with Crippen molar-refractivity contribution in [2.45, 2.75) is 41.6 Å². The summed E-state index contributed by atoms with van der Waals surface area (Å²) in [5.41, 5.74) is 0.926. The lowest BCUT2D eigenvalue weighted by molar-refractivity contribution is -0.118. The van der Waals surface area contributed by atoms with Crippen molar-refractivity contribution >= 4 is 40.8 Å². The van der Waals surface area contributed by atoms with Crippen molar-refractivity contribution in [2.24, 2.45) is 16.1 Å². The fourth-order valence-electron chi connectivity index (χ4n) is 2.74. The molecular formula is C18H19F2N3OS2. The van der Waals surface area contributed by atoms with Crippen molar-refractivity contribution in [1.82, 2.24) is 5.32 Å². The summed E-state index contributed by atoms with van der Waals surface area (Å²) >= 11 is 1.87. The number of alkyl halides is 2. The number of carbonyl (C=O) groups is 1.